The molecule has 2 N–H and O–H groups in total. The standard InChI is InChI=1S/C14H19FN2O2/c1-19-13(8-16)14(18)17(12-6-7-12)9-10-2-4-11(15)5-3-10/h2-5,12-13H,6-9,16H2,1H3. The highest BCUT2D eigenvalue weighted by Crippen LogP contribution is 2.29. The predicted molar refractivity (Wildman–Crippen MR) is 69.8 cm³/mol. The summed E-state index contributed by atoms with van der Waals surface area (Å²) < 4.78 is 18.0. The minimum atomic E-state index is -0.596. The molecule has 104 valence electrons. The molecule has 2 rings (SSSR count). The van der Waals surface area contributed by atoms with Crippen molar-refractivity contribution >= 4 is 5.91 Å². The molecule has 0 bridgehead atoms. The Morgan fingerprint density at radius 3 is 2.58 bits per heavy atom. The van der Waals surface area contributed by atoms with E-state index in [0.29, 0.717) is 6.54 Å². The molecule has 0 aromatic heterocycles. The molecule has 5 heteroatoms. The van der Waals surface area contributed by atoms with Crippen LogP contribution in [0.15, 0.2) is 24.3 Å². The molecule has 1 unspecified atom stereocenters. The second-order valence-electron chi connectivity index (χ2n) is 4.78. The van der Waals surface area contributed by atoms with E-state index in [2.05, 4.69) is 0 Å². The van der Waals surface area contributed by atoms with Crippen LogP contribution in [0.3, 0.4) is 0 Å². The van der Waals surface area contributed by atoms with Crippen LogP contribution in [0.25, 0.3) is 0 Å². The van der Waals surface area contributed by atoms with E-state index in [1.807, 2.05) is 0 Å². The zero-order valence-corrected chi connectivity index (χ0v) is 11.0. The smallest absolute Gasteiger partial charge is 0.253 e. The zero-order valence-electron chi connectivity index (χ0n) is 11.0. The molecule has 4 nitrogen and oxygen atoms in total. The van der Waals surface area contributed by atoms with E-state index in [-0.39, 0.29) is 24.3 Å². The molecule has 19 heavy (non-hydrogen) atoms. The molecule has 0 saturated heterocycles. The van der Waals surface area contributed by atoms with Gasteiger partial charge in [-0.2, -0.15) is 0 Å². The number of nitrogens with two attached hydrogens (primary N) is 1. The molecule has 1 amide bonds. The van der Waals surface area contributed by atoms with Crippen molar-refractivity contribution in [3.8, 4) is 0 Å². The minimum Gasteiger partial charge on any atom is -0.370 e. The quantitative estimate of drug-likeness (QED) is 0.844. The van der Waals surface area contributed by atoms with Crippen molar-refractivity contribution in [2.75, 3.05) is 13.7 Å². The van der Waals surface area contributed by atoms with E-state index >= 15 is 0 Å². The number of amides is 1. The van der Waals surface area contributed by atoms with Crippen LogP contribution < -0.4 is 5.73 Å². The van der Waals surface area contributed by atoms with Crippen LogP contribution in [-0.4, -0.2) is 36.6 Å². The maximum absolute atomic E-state index is 12.9. The number of carbonyl (C=O) groups excluding carboxylic acids is 1. The van der Waals surface area contributed by atoms with Crippen molar-refractivity contribution in [1.82, 2.24) is 4.90 Å². The molecule has 1 aromatic rings. The average molecular weight is 266 g/mol. The third-order valence-corrected chi connectivity index (χ3v) is 3.31. The summed E-state index contributed by atoms with van der Waals surface area (Å²) in [6.45, 7) is 0.644. The van der Waals surface area contributed by atoms with Crippen molar-refractivity contribution in [3.63, 3.8) is 0 Å². The predicted octanol–water partition coefficient (Wildman–Crippen LogP) is 1.29. The highest BCUT2D eigenvalue weighted by Gasteiger charge is 2.35. The second kappa shape index (κ2) is 6.12. The summed E-state index contributed by atoms with van der Waals surface area (Å²) in [7, 11) is 1.48. The summed E-state index contributed by atoms with van der Waals surface area (Å²) in [6.07, 6.45) is 1.42. The molecule has 0 radical (unpaired) electrons. The number of benzene rings is 1. The Morgan fingerprint density at radius 2 is 2.11 bits per heavy atom. The molecule has 1 aliphatic rings. The van der Waals surface area contributed by atoms with E-state index < -0.39 is 6.10 Å². The summed E-state index contributed by atoms with van der Waals surface area (Å²) in [5, 5.41) is 0. The molecule has 1 aliphatic carbocycles. The number of hydrogen-bond acceptors (Lipinski definition) is 3. The van der Waals surface area contributed by atoms with Gasteiger partial charge in [0.2, 0.25) is 0 Å². The number of methoxy groups -OCH3 is 1. The van der Waals surface area contributed by atoms with Crippen LogP contribution in [0.5, 0.6) is 0 Å². The topological polar surface area (TPSA) is 55.6 Å². The minimum absolute atomic E-state index is 0.0863. The molecule has 1 aromatic carbocycles. The Labute approximate surface area is 112 Å². The lowest BCUT2D eigenvalue weighted by Crippen LogP contribution is -2.44. The second-order valence-corrected chi connectivity index (χ2v) is 4.78. The summed E-state index contributed by atoms with van der Waals surface area (Å²) in [5.74, 6) is -0.360. The van der Waals surface area contributed by atoms with Gasteiger partial charge in [-0.1, -0.05) is 12.1 Å². The Morgan fingerprint density at radius 1 is 1.47 bits per heavy atom. The van der Waals surface area contributed by atoms with Crippen LogP contribution in [0.2, 0.25) is 0 Å². The molecule has 0 aliphatic heterocycles. The highest BCUT2D eigenvalue weighted by molar-refractivity contribution is 5.81. The molecule has 0 spiro atoms. The van der Waals surface area contributed by atoms with E-state index in [0.717, 1.165) is 18.4 Å². The monoisotopic (exact) mass is 266 g/mol. The SMILES string of the molecule is COC(CN)C(=O)N(Cc1ccc(F)cc1)C1CC1. The summed E-state index contributed by atoms with van der Waals surface area (Å²) in [6, 6.07) is 6.47. The van der Waals surface area contributed by atoms with E-state index in [9.17, 15) is 9.18 Å². The van der Waals surface area contributed by atoms with E-state index in [1.165, 1.54) is 19.2 Å². The molecule has 0 heterocycles. The Kier molecular flexibility index (Phi) is 4.50. The van der Waals surface area contributed by atoms with Gasteiger partial charge >= 0.3 is 0 Å². The normalized spacial score (nSPS) is 16.2. The Bertz CT molecular complexity index is 428. The van der Waals surface area contributed by atoms with E-state index in [1.54, 1.807) is 17.0 Å². The van der Waals surface area contributed by atoms with Crippen LogP contribution in [0, 0.1) is 5.82 Å². The van der Waals surface area contributed by atoms with Crippen molar-refractivity contribution in [1.29, 1.82) is 0 Å². The van der Waals surface area contributed by atoms with Crippen molar-refractivity contribution in [3.05, 3.63) is 35.6 Å². The van der Waals surface area contributed by atoms with Crippen molar-refractivity contribution < 1.29 is 13.9 Å². The number of ether oxygens (including phenoxy) is 1. The number of hydrogen-bond donors (Lipinski definition) is 1. The van der Waals surface area contributed by atoms with Gasteiger partial charge in [0.25, 0.3) is 5.91 Å². The highest BCUT2D eigenvalue weighted by atomic mass is 19.1. The third kappa shape index (κ3) is 3.52. The summed E-state index contributed by atoms with van der Waals surface area (Å²) >= 11 is 0. The number of nitrogens with zero attached hydrogens (tertiary/aromatic N) is 1. The first kappa shape index (κ1) is 14.0. The van der Waals surface area contributed by atoms with Crippen molar-refractivity contribution in [2.24, 2.45) is 5.73 Å². The lowest BCUT2D eigenvalue weighted by Gasteiger charge is -2.26. The Balaban J connectivity index is 2.08. The average Bonchev–Trinajstić information content (AvgIpc) is 3.23. The lowest BCUT2D eigenvalue weighted by molar-refractivity contribution is -0.142. The van der Waals surface area contributed by atoms with Crippen LogP contribution in [0.1, 0.15) is 18.4 Å². The van der Waals surface area contributed by atoms with Gasteiger partial charge in [0.05, 0.1) is 0 Å². The molecular weight excluding hydrogens is 247 g/mol. The number of rotatable bonds is 6. The molecule has 1 fully saturated rings. The van der Waals surface area contributed by atoms with Gasteiger partial charge in [-0.05, 0) is 30.5 Å². The van der Waals surface area contributed by atoms with Gasteiger partial charge < -0.3 is 15.4 Å². The molecule has 1 saturated carbocycles. The van der Waals surface area contributed by atoms with Crippen molar-refractivity contribution in [2.45, 2.75) is 31.5 Å². The maximum Gasteiger partial charge on any atom is 0.253 e. The van der Waals surface area contributed by atoms with Gasteiger partial charge in [-0.25, -0.2) is 4.39 Å². The maximum atomic E-state index is 12.9. The first-order valence-corrected chi connectivity index (χ1v) is 6.43. The van der Waals surface area contributed by atoms with Crippen LogP contribution >= 0.6 is 0 Å². The summed E-state index contributed by atoms with van der Waals surface area (Å²) in [4.78, 5) is 14.1. The van der Waals surface area contributed by atoms with Gasteiger partial charge in [0, 0.05) is 26.2 Å². The first-order chi connectivity index (χ1) is 9.15. The number of carbonyl (C=O) groups is 1. The first-order valence-electron chi connectivity index (χ1n) is 6.43. The third-order valence-electron chi connectivity index (χ3n) is 3.31. The Hall–Kier alpha value is -1.46. The van der Waals surface area contributed by atoms with Gasteiger partial charge in [-0.15, -0.1) is 0 Å². The summed E-state index contributed by atoms with van der Waals surface area (Å²) in [5.41, 5.74) is 6.44. The fraction of sp³-hybridized carbons (Fsp3) is 0.500. The van der Waals surface area contributed by atoms with Gasteiger partial charge in [-0.3, -0.25) is 4.79 Å². The van der Waals surface area contributed by atoms with Gasteiger partial charge in [0.1, 0.15) is 11.9 Å². The fourth-order valence-corrected chi connectivity index (χ4v) is 2.04. The lowest BCUT2D eigenvalue weighted by atomic mass is 10.2. The number of halogens is 1. The fourth-order valence-electron chi connectivity index (χ4n) is 2.04. The molecular formula is C14H19FN2O2. The zero-order chi connectivity index (χ0) is 13.8. The van der Waals surface area contributed by atoms with Crippen LogP contribution in [0.4, 0.5) is 4.39 Å². The van der Waals surface area contributed by atoms with E-state index in [4.69, 9.17) is 10.5 Å². The largest absolute Gasteiger partial charge is 0.370 e. The molecule has 1 atom stereocenters. The van der Waals surface area contributed by atoms with Crippen LogP contribution in [-0.2, 0) is 16.1 Å². The van der Waals surface area contributed by atoms with Gasteiger partial charge in [0.15, 0.2) is 0 Å².